The summed E-state index contributed by atoms with van der Waals surface area (Å²) in [5.74, 6) is 1.35. The van der Waals surface area contributed by atoms with E-state index in [1.54, 1.807) is 31.4 Å². The minimum Gasteiger partial charge on any atom is -0.496 e. The Bertz CT molecular complexity index is 2170. The highest BCUT2D eigenvalue weighted by Crippen LogP contribution is 2.48. The van der Waals surface area contributed by atoms with Crippen molar-refractivity contribution in [3.05, 3.63) is 47.0 Å². The number of aromatic nitrogens is 2. The van der Waals surface area contributed by atoms with Crippen molar-refractivity contribution in [3.8, 4) is 34.5 Å². The lowest BCUT2D eigenvalue weighted by Gasteiger charge is -2.37. The van der Waals surface area contributed by atoms with Crippen molar-refractivity contribution >= 4 is 50.0 Å². The molecule has 5 atom stereocenters. The third-order valence-corrected chi connectivity index (χ3v) is 14.8. The highest BCUT2D eigenvalue weighted by molar-refractivity contribution is 7.91. The van der Waals surface area contributed by atoms with Gasteiger partial charge in [-0.25, -0.2) is 18.4 Å². The molecule has 3 fully saturated rings. The molecule has 12 nitrogen and oxygen atoms in total. The first-order valence-corrected chi connectivity index (χ1v) is 21.0. The zero-order chi connectivity index (χ0) is 38.4. The molecule has 1 aromatic carbocycles. The maximum atomic E-state index is 14.5. The first kappa shape index (κ1) is 37.8. The van der Waals surface area contributed by atoms with Gasteiger partial charge in [0.05, 0.1) is 23.5 Å². The maximum Gasteiger partial charge on any atom is 0.259 e. The van der Waals surface area contributed by atoms with Crippen LogP contribution in [0.4, 0.5) is 0 Å². The van der Waals surface area contributed by atoms with Gasteiger partial charge in [0.2, 0.25) is 21.8 Å². The number of nitrogens with zero attached hydrogens (tertiary/aromatic N) is 3. The second kappa shape index (κ2) is 14.6. The molecule has 3 aliphatic carbocycles. The van der Waals surface area contributed by atoms with Gasteiger partial charge >= 0.3 is 0 Å². The molecule has 0 saturated heterocycles. The number of carbonyl (C=O) groups excluding carboxylic acids is 3. The Morgan fingerprint density at radius 2 is 1.96 bits per heavy atom. The SMILES string of the molecule is C#Cc1csc(-c2cc(OC3CCC4CC(=O)N(C)CCCCC=CC5CC5(C(=O)NS(=O)(=O)C5(C)CC5)NC(=O)C4C3)c3ccc(OC)c(C)c3n2)n1. The van der Waals surface area contributed by atoms with Crippen molar-refractivity contribution in [1.29, 1.82) is 0 Å². The number of terminal acetylenes is 1. The average Bonchev–Trinajstić information content (AvgIpc) is 4.01. The summed E-state index contributed by atoms with van der Waals surface area (Å²) in [6.45, 7) is 4.16. The molecular formula is C40H47N5O7S2. The van der Waals surface area contributed by atoms with Crippen molar-refractivity contribution in [3.63, 3.8) is 0 Å². The van der Waals surface area contributed by atoms with Crippen LogP contribution in [0.2, 0.25) is 0 Å². The van der Waals surface area contributed by atoms with E-state index in [1.165, 1.54) is 11.3 Å². The molecule has 2 aromatic heterocycles. The lowest BCUT2D eigenvalue weighted by Crippen LogP contribution is -2.55. The van der Waals surface area contributed by atoms with Crippen molar-refractivity contribution in [2.45, 2.75) is 94.4 Å². The number of thiazole rings is 1. The van der Waals surface area contributed by atoms with Crippen LogP contribution in [0.3, 0.4) is 0 Å². The number of sulfonamides is 1. The van der Waals surface area contributed by atoms with Crippen molar-refractivity contribution in [2.24, 2.45) is 17.8 Å². The van der Waals surface area contributed by atoms with Crippen LogP contribution in [0.25, 0.3) is 21.6 Å². The van der Waals surface area contributed by atoms with E-state index in [9.17, 15) is 22.8 Å². The summed E-state index contributed by atoms with van der Waals surface area (Å²) in [6.07, 6.45) is 14.4. The summed E-state index contributed by atoms with van der Waals surface area (Å²) < 4.78 is 40.0. The molecule has 0 bridgehead atoms. The van der Waals surface area contributed by atoms with Gasteiger partial charge in [-0.15, -0.1) is 17.8 Å². The smallest absolute Gasteiger partial charge is 0.259 e. The minimum atomic E-state index is -3.93. The molecule has 3 aromatic rings. The molecule has 4 aliphatic rings. The third kappa shape index (κ3) is 7.32. The maximum absolute atomic E-state index is 14.5. The Balaban J connectivity index is 1.20. The standard InChI is InChI=1S/C40H47N5O7S2/c1-6-27-23-53-37(41-27)31-21-33(29-14-15-32(51-5)24(2)35(29)42-31)52-28-13-12-25-19-34(46)45(4)18-10-8-7-9-11-26-22-40(26,43-36(47)30(25)20-28)38(48)44-54(49,50)39(3)16-17-39/h1,9,11,14-15,21,23,25-26,28,30H,7-8,10,12-13,16-20,22H2,2-5H3,(H,43,47)(H,44,48). The normalized spacial score (nSPS) is 27.0. The lowest BCUT2D eigenvalue weighted by molar-refractivity contribution is -0.137. The van der Waals surface area contributed by atoms with Gasteiger partial charge < -0.3 is 19.7 Å². The van der Waals surface area contributed by atoms with Crippen molar-refractivity contribution in [2.75, 3.05) is 20.7 Å². The number of fused-ring (bicyclic) bond motifs is 3. The summed E-state index contributed by atoms with van der Waals surface area (Å²) in [5, 5.41) is 6.24. The number of methoxy groups -OCH3 is 1. The number of pyridine rings is 1. The molecule has 0 spiro atoms. The molecule has 286 valence electrons. The molecule has 5 unspecified atom stereocenters. The van der Waals surface area contributed by atoms with Crippen LogP contribution in [0.1, 0.15) is 82.4 Å². The number of aryl methyl sites for hydroxylation is 1. The molecule has 54 heavy (non-hydrogen) atoms. The summed E-state index contributed by atoms with van der Waals surface area (Å²) in [4.78, 5) is 53.1. The molecule has 3 heterocycles. The number of hydrogen-bond donors (Lipinski definition) is 2. The molecule has 0 radical (unpaired) electrons. The minimum absolute atomic E-state index is 0.0351. The van der Waals surface area contributed by atoms with E-state index in [-0.39, 0.29) is 36.5 Å². The van der Waals surface area contributed by atoms with Crippen LogP contribution in [-0.4, -0.2) is 78.1 Å². The summed E-state index contributed by atoms with van der Waals surface area (Å²) in [7, 11) is -0.525. The highest BCUT2D eigenvalue weighted by atomic mass is 32.2. The fraction of sp³-hybridized carbons (Fsp3) is 0.525. The zero-order valence-corrected chi connectivity index (χ0v) is 32.8. The Morgan fingerprint density at radius 3 is 2.69 bits per heavy atom. The average molecular weight is 774 g/mol. The van der Waals surface area contributed by atoms with E-state index in [0.29, 0.717) is 72.1 Å². The van der Waals surface area contributed by atoms with Crippen LogP contribution in [0, 0.1) is 37.0 Å². The second-order valence-electron chi connectivity index (χ2n) is 15.5. The molecule has 1 aliphatic heterocycles. The second-order valence-corrected chi connectivity index (χ2v) is 18.6. The first-order valence-electron chi connectivity index (χ1n) is 18.6. The van der Waals surface area contributed by atoms with Crippen molar-refractivity contribution in [1.82, 2.24) is 24.9 Å². The van der Waals surface area contributed by atoms with Crippen LogP contribution in [0.5, 0.6) is 11.5 Å². The molecule has 2 N–H and O–H groups in total. The molecule has 3 amide bonds. The van der Waals surface area contributed by atoms with Gasteiger partial charge in [-0.3, -0.25) is 19.1 Å². The number of rotatable bonds is 7. The quantitative estimate of drug-likeness (QED) is 0.241. The fourth-order valence-corrected chi connectivity index (χ4v) is 9.80. The lowest BCUT2D eigenvalue weighted by atomic mass is 9.75. The Hall–Kier alpha value is -4.48. The molecule has 3 saturated carbocycles. The van der Waals surface area contributed by atoms with Gasteiger partial charge in [0.25, 0.3) is 5.91 Å². The number of allylic oxidation sites excluding steroid dienone is 1. The predicted molar refractivity (Wildman–Crippen MR) is 206 cm³/mol. The van der Waals surface area contributed by atoms with E-state index >= 15 is 0 Å². The van der Waals surface area contributed by atoms with E-state index < -0.39 is 38.2 Å². The van der Waals surface area contributed by atoms with E-state index in [1.807, 2.05) is 37.3 Å². The van der Waals surface area contributed by atoms with Crippen LogP contribution in [-0.2, 0) is 24.4 Å². The molecular weight excluding hydrogens is 727 g/mol. The van der Waals surface area contributed by atoms with Gasteiger partial charge in [-0.1, -0.05) is 12.2 Å². The summed E-state index contributed by atoms with van der Waals surface area (Å²) in [5.41, 5.74) is 1.21. The Morgan fingerprint density at radius 1 is 1.17 bits per heavy atom. The van der Waals surface area contributed by atoms with Gasteiger partial charge in [-0.05, 0) is 95.6 Å². The summed E-state index contributed by atoms with van der Waals surface area (Å²) >= 11 is 1.38. The fourth-order valence-electron chi connectivity index (χ4n) is 7.76. The van der Waals surface area contributed by atoms with E-state index in [0.717, 1.165) is 30.2 Å². The highest BCUT2D eigenvalue weighted by Gasteiger charge is 2.63. The van der Waals surface area contributed by atoms with Gasteiger partial charge in [0.1, 0.15) is 33.4 Å². The van der Waals surface area contributed by atoms with Crippen LogP contribution in [0.15, 0.2) is 35.7 Å². The Kier molecular flexibility index (Phi) is 10.3. The van der Waals surface area contributed by atoms with Crippen molar-refractivity contribution < 1.29 is 32.3 Å². The predicted octanol–water partition coefficient (Wildman–Crippen LogP) is 5.28. The number of benzene rings is 1. The van der Waals surface area contributed by atoms with Gasteiger partial charge in [0, 0.05) is 54.2 Å². The van der Waals surface area contributed by atoms with E-state index in [2.05, 4.69) is 20.9 Å². The Labute approximate surface area is 320 Å². The monoisotopic (exact) mass is 773 g/mol. The number of ether oxygens (including phenoxy) is 2. The topological polar surface area (TPSA) is 157 Å². The molecule has 7 rings (SSSR count). The number of hydrogen-bond acceptors (Lipinski definition) is 10. The molecule has 14 heteroatoms. The van der Waals surface area contributed by atoms with Crippen LogP contribution < -0.4 is 19.5 Å². The first-order chi connectivity index (χ1) is 25.8. The number of nitrogens with one attached hydrogen (secondary N) is 2. The van der Waals surface area contributed by atoms with Gasteiger partial charge in [0.15, 0.2) is 0 Å². The van der Waals surface area contributed by atoms with Gasteiger partial charge in [-0.2, -0.15) is 0 Å². The summed E-state index contributed by atoms with van der Waals surface area (Å²) in [6, 6.07) is 5.61. The zero-order valence-electron chi connectivity index (χ0n) is 31.1. The number of carbonyl (C=O) groups is 3. The van der Waals surface area contributed by atoms with E-state index in [4.69, 9.17) is 20.9 Å². The largest absolute Gasteiger partial charge is 0.496 e. The van der Waals surface area contributed by atoms with Crippen LogP contribution >= 0.6 is 11.3 Å². The third-order valence-electron chi connectivity index (χ3n) is 11.8. The number of amides is 3.